The van der Waals surface area contributed by atoms with Crippen molar-refractivity contribution in [1.82, 2.24) is 4.90 Å². The van der Waals surface area contributed by atoms with Crippen molar-refractivity contribution in [1.29, 1.82) is 0 Å². The van der Waals surface area contributed by atoms with E-state index >= 15 is 0 Å². The average molecular weight is 413 g/mol. The van der Waals surface area contributed by atoms with Gasteiger partial charge in [0.05, 0.1) is 13.7 Å². The summed E-state index contributed by atoms with van der Waals surface area (Å²) < 4.78 is 10.7. The summed E-state index contributed by atoms with van der Waals surface area (Å²) in [5.74, 6) is 0.700. The lowest BCUT2D eigenvalue weighted by Gasteiger charge is -2.27. The first-order valence-corrected chi connectivity index (χ1v) is 10.2. The highest BCUT2D eigenvalue weighted by Crippen LogP contribution is 2.20. The Morgan fingerprint density at radius 3 is 2.47 bits per heavy atom. The Bertz CT molecular complexity index is 858. The van der Waals surface area contributed by atoms with Crippen LogP contribution in [0.25, 0.3) is 0 Å². The van der Waals surface area contributed by atoms with Gasteiger partial charge in [-0.3, -0.25) is 4.79 Å². The highest BCUT2D eigenvalue weighted by molar-refractivity contribution is 5.91. The molecule has 2 rings (SSSR count). The molecule has 0 aromatic heterocycles. The Kier molecular flexibility index (Phi) is 8.27. The molecule has 1 N–H and O–H groups in total. The van der Waals surface area contributed by atoms with Crippen LogP contribution >= 0.6 is 0 Å². The lowest BCUT2D eigenvalue weighted by molar-refractivity contribution is -0.116. The molecule has 0 unspecified atom stereocenters. The fraction of sp³-hybridized carbons (Fsp3) is 0.417. The molecule has 2 aromatic rings. The molecular formula is C24H32N2O4. The Morgan fingerprint density at radius 2 is 1.80 bits per heavy atom. The fourth-order valence-corrected chi connectivity index (χ4v) is 2.92. The van der Waals surface area contributed by atoms with E-state index in [1.807, 2.05) is 76.2 Å². The van der Waals surface area contributed by atoms with Crippen LogP contribution in [0.3, 0.4) is 0 Å². The van der Waals surface area contributed by atoms with Gasteiger partial charge in [-0.05, 0) is 63.4 Å². The average Bonchev–Trinajstić information content (AvgIpc) is 2.70. The molecule has 0 spiro atoms. The molecule has 162 valence electrons. The first-order chi connectivity index (χ1) is 14.2. The number of rotatable bonds is 8. The second kappa shape index (κ2) is 10.7. The van der Waals surface area contributed by atoms with E-state index in [9.17, 15) is 9.59 Å². The third-order valence-corrected chi connectivity index (χ3v) is 4.46. The van der Waals surface area contributed by atoms with Crippen molar-refractivity contribution < 1.29 is 19.1 Å². The number of carbonyl (C=O) groups is 2. The molecule has 0 aliphatic carbocycles. The van der Waals surface area contributed by atoms with Crippen molar-refractivity contribution in [3.63, 3.8) is 0 Å². The van der Waals surface area contributed by atoms with E-state index in [2.05, 4.69) is 5.32 Å². The van der Waals surface area contributed by atoms with Crippen molar-refractivity contribution in [3.8, 4) is 5.75 Å². The summed E-state index contributed by atoms with van der Waals surface area (Å²) >= 11 is 0. The molecule has 6 heteroatoms. The summed E-state index contributed by atoms with van der Waals surface area (Å²) in [6.45, 7) is 8.30. The quantitative estimate of drug-likeness (QED) is 0.661. The monoisotopic (exact) mass is 412 g/mol. The minimum Gasteiger partial charge on any atom is -0.497 e. The van der Waals surface area contributed by atoms with Gasteiger partial charge in [-0.25, -0.2) is 4.79 Å². The molecule has 0 bridgehead atoms. The lowest BCUT2D eigenvalue weighted by Crippen LogP contribution is -2.36. The SMILES string of the molecule is CCN(Cc1ccccc1NC(=O)CCc1cccc(OC)c1)C(=O)OC(C)(C)C. The number of amides is 2. The van der Waals surface area contributed by atoms with Crippen LogP contribution in [0.5, 0.6) is 5.75 Å². The number of para-hydroxylation sites is 1. The minimum atomic E-state index is -0.557. The molecule has 0 saturated heterocycles. The summed E-state index contributed by atoms with van der Waals surface area (Å²) in [4.78, 5) is 26.6. The molecule has 0 saturated carbocycles. The van der Waals surface area contributed by atoms with Gasteiger partial charge in [0.1, 0.15) is 11.4 Å². The van der Waals surface area contributed by atoms with E-state index in [-0.39, 0.29) is 12.0 Å². The van der Waals surface area contributed by atoms with Crippen LogP contribution in [0, 0.1) is 0 Å². The number of hydrogen-bond donors (Lipinski definition) is 1. The number of benzene rings is 2. The zero-order valence-corrected chi connectivity index (χ0v) is 18.5. The van der Waals surface area contributed by atoms with E-state index in [4.69, 9.17) is 9.47 Å². The first-order valence-electron chi connectivity index (χ1n) is 10.2. The second-order valence-corrected chi connectivity index (χ2v) is 8.05. The summed E-state index contributed by atoms with van der Waals surface area (Å²) in [6, 6.07) is 15.2. The number of anilines is 1. The first kappa shape index (κ1) is 23.3. The number of nitrogens with one attached hydrogen (secondary N) is 1. The van der Waals surface area contributed by atoms with Crippen LogP contribution in [0.1, 0.15) is 45.2 Å². The smallest absolute Gasteiger partial charge is 0.410 e. The predicted molar refractivity (Wildman–Crippen MR) is 119 cm³/mol. The van der Waals surface area contributed by atoms with Gasteiger partial charge in [0.15, 0.2) is 0 Å². The summed E-state index contributed by atoms with van der Waals surface area (Å²) in [5, 5.41) is 2.98. The normalized spacial score (nSPS) is 11.0. The highest BCUT2D eigenvalue weighted by Gasteiger charge is 2.22. The number of aryl methyl sites for hydroxylation is 1. The molecule has 0 radical (unpaired) electrons. The minimum absolute atomic E-state index is 0.0782. The number of ether oxygens (including phenoxy) is 2. The largest absolute Gasteiger partial charge is 0.497 e. The standard InChI is InChI=1S/C24H32N2O4/c1-6-26(23(28)30-24(2,3)4)17-19-11-7-8-13-21(19)25-22(27)15-14-18-10-9-12-20(16-18)29-5/h7-13,16H,6,14-15,17H2,1-5H3,(H,25,27). The maximum absolute atomic E-state index is 12.5. The molecular weight excluding hydrogens is 380 g/mol. The van der Waals surface area contributed by atoms with Crippen molar-refractivity contribution in [2.75, 3.05) is 19.0 Å². The van der Waals surface area contributed by atoms with Crippen LogP contribution < -0.4 is 10.1 Å². The second-order valence-electron chi connectivity index (χ2n) is 8.05. The van der Waals surface area contributed by atoms with E-state index in [0.29, 0.717) is 31.6 Å². The van der Waals surface area contributed by atoms with Gasteiger partial charge in [-0.15, -0.1) is 0 Å². The number of hydrogen-bond acceptors (Lipinski definition) is 4. The summed E-state index contributed by atoms with van der Waals surface area (Å²) in [7, 11) is 1.62. The van der Waals surface area contributed by atoms with Crippen LogP contribution in [0.2, 0.25) is 0 Å². The molecule has 2 amide bonds. The van der Waals surface area contributed by atoms with Crippen molar-refractivity contribution in [2.45, 2.75) is 52.7 Å². The van der Waals surface area contributed by atoms with E-state index < -0.39 is 5.60 Å². The van der Waals surface area contributed by atoms with Crippen LogP contribution in [0.4, 0.5) is 10.5 Å². The molecule has 0 atom stereocenters. The maximum atomic E-state index is 12.5. The molecule has 0 aliphatic heterocycles. The summed E-state index contributed by atoms with van der Waals surface area (Å²) in [6.07, 6.45) is 0.596. The molecule has 6 nitrogen and oxygen atoms in total. The van der Waals surface area contributed by atoms with Crippen LogP contribution in [0.15, 0.2) is 48.5 Å². The van der Waals surface area contributed by atoms with Crippen molar-refractivity contribution >= 4 is 17.7 Å². The summed E-state index contributed by atoms with van der Waals surface area (Å²) in [5.41, 5.74) is 2.05. The van der Waals surface area contributed by atoms with Crippen molar-refractivity contribution in [2.24, 2.45) is 0 Å². The van der Waals surface area contributed by atoms with E-state index in [0.717, 1.165) is 16.9 Å². The molecule has 2 aromatic carbocycles. The van der Waals surface area contributed by atoms with Gasteiger partial charge in [-0.2, -0.15) is 0 Å². The number of nitrogens with zero attached hydrogens (tertiary/aromatic N) is 1. The van der Waals surface area contributed by atoms with Crippen molar-refractivity contribution in [3.05, 3.63) is 59.7 Å². The highest BCUT2D eigenvalue weighted by atomic mass is 16.6. The number of carbonyl (C=O) groups excluding carboxylic acids is 2. The van der Waals surface area contributed by atoms with Gasteiger partial charge in [0.25, 0.3) is 0 Å². The molecule has 0 aliphatic rings. The van der Waals surface area contributed by atoms with Gasteiger partial charge in [0, 0.05) is 18.7 Å². The predicted octanol–water partition coefficient (Wildman–Crippen LogP) is 5.02. The Hall–Kier alpha value is -3.02. The van der Waals surface area contributed by atoms with Gasteiger partial charge in [0.2, 0.25) is 5.91 Å². The molecule has 0 fully saturated rings. The zero-order chi connectivity index (χ0) is 22.1. The third-order valence-electron chi connectivity index (χ3n) is 4.46. The Labute approximate surface area is 179 Å². The van der Waals surface area contributed by atoms with Gasteiger partial charge in [-0.1, -0.05) is 30.3 Å². The Morgan fingerprint density at radius 1 is 1.07 bits per heavy atom. The molecule has 0 heterocycles. The Balaban J connectivity index is 2.01. The zero-order valence-electron chi connectivity index (χ0n) is 18.5. The van der Waals surface area contributed by atoms with Gasteiger partial charge >= 0.3 is 6.09 Å². The number of methoxy groups -OCH3 is 1. The van der Waals surface area contributed by atoms with Gasteiger partial charge < -0.3 is 19.7 Å². The van der Waals surface area contributed by atoms with E-state index in [1.165, 1.54) is 0 Å². The maximum Gasteiger partial charge on any atom is 0.410 e. The third kappa shape index (κ3) is 7.43. The molecule has 30 heavy (non-hydrogen) atoms. The fourth-order valence-electron chi connectivity index (χ4n) is 2.92. The van der Waals surface area contributed by atoms with E-state index in [1.54, 1.807) is 12.0 Å². The lowest BCUT2D eigenvalue weighted by atomic mass is 10.1. The topological polar surface area (TPSA) is 67.9 Å². The van der Waals surface area contributed by atoms with Crippen LogP contribution in [-0.4, -0.2) is 36.2 Å². The van der Waals surface area contributed by atoms with Crippen LogP contribution in [-0.2, 0) is 22.5 Å².